The van der Waals surface area contributed by atoms with Crippen molar-refractivity contribution < 1.29 is 22.7 Å². The lowest BCUT2D eigenvalue weighted by atomic mass is 10.1. The van der Waals surface area contributed by atoms with Crippen molar-refractivity contribution in [2.24, 2.45) is 0 Å². The van der Waals surface area contributed by atoms with Crippen molar-refractivity contribution in [1.82, 2.24) is 10.2 Å². The van der Waals surface area contributed by atoms with Gasteiger partial charge in [-0.1, -0.05) is 61.9 Å². The summed E-state index contributed by atoms with van der Waals surface area (Å²) in [4.78, 5) is 29.0. The molecule has 9 heteroatoms. The highest BCUT2D eigenvalue weighted by Crippen LogP contribution is 2.28. The lowest BCUT2D eigenvalue weighted by Crippen LogP contribution is -2.53. The van der Waals surface area contributed by atoms with Crippen molar-refractivity contribution in [1.29, 1.82) is 0 Å². The smallest absolute Gasteiger partial charge is 0.264 e. The SMILES string of the molecule is CCc1ccccc1N(CC(=O)N(Cc1ccc(OC)cc1)C(CC)C(=O)NC(C)C)S(=O)(=O)c1ccc(C)cc1. The summed E-state index contributed by atoms with van der Waals surface area (Å²) in [6.45, 7) is 9.04. The molecule has 0 bridgehead atoms. The molecule has 0 saturated heterocycles. The summed E-state index contributed by atoms with van der Waals surface area (Å²) in [6, 6.07) is 20.1. The molecule has 220 valence electrons. The number of amides is 2. The van der Waals surface area contributed by atoms with Gasteiger partial charge in [0.05, 0.1) is 17.7 Å². The Morgan fingerprint density at radius 3 is 2.12 bits per heavy atom. The molecule has 0 aliphatic carbocycles. The van der Waals surface area contributed by atoms with Crippen LogP contribution in [0.25, 0.3) is 0 Å². The second-order valence-electron chi connectivity index (χ2n) is 10.3. The molecular weight excluding hydrogens is 538 g/mol. The zero-order valence-corrected chi connectivity index (χ0v) is 25.6. The molecule has 1 unspecified atom stereocenters. The molecule has 0 saturated carbocycles. The van der Waals surface area contributed by atoms with Gasteiger partial charge in [0.1, 0.15) is 18.3 Å². The molecule has 3 aromatic carbocycles. The number of hydrogen-bond donors (Lipinski definition) is 1. The van der Waals surface area contributed by atoms with Gasteiger partial charge in [-0.15, -0.1) is 0 Å². The van der Waals surface area contributed by atoms with E-state index < -0.39 is 28.5 Å². The topological polar surface area (TPSA) is 96.0 Å². The quantitative estimate of drug-likeness (QED) is 0.304. The highest BCUT2D eigenvalue weighted by atomic mass is 32.2. The van der Waals surface area contributed by atoms with Gasteiger partial charge in [0, 0.05) is 12.6 Å². The first-order valence-corrected chi connectivity index (χ1v) is 15.4. The maximum Gasteiger partial charge on any atom is 0.264 e. The predicted octanol–water partition coefficient (Wildman–Crippen LogP) is 5.09. The summed E-state index contributed by atoms with van der Waals surface area (Å²) in [5.41, 5.74) is 2.94. The number of sulfonamides is 1. The van der Waals surface area contributed by atoms with E-state index >= 15 is 0 Å². The average molecular weight is 580 g/mol. The molecular formula is C32H41N3O5S. The van der Waals surface area contributed by atoms with Crippen molar-refractivity contribution in [3.63, 3.8) is 0 Å². The van der Waals surface area contributed by atoms with Gasteiger partial charge in [-0.3, -0.25) is 13.9 Å². The number of para-hydroxylation sites is 1. The van der Waals surface area contributed by atoms with Gasteiger partial charge < -0.3 is 15.0 Å². The molecule has 2 amide bonds. The van der Waals surface area contributed by atoms with Gasteiger partial charge in [0.2, 0.25) is 11.8 Å². The molecule has 0 spiro atoms. The molecule has 3 aromatic rings. The van der Waals surface area contributed by atoms with Crippen LogP contribution in [0.2, 0.25) is 0 Å². The fraction of sp³-hybridized carbons (Fsp3) is 0.375. The minimum Gasteiger partial charge on any atom is -0.497 e. The lowest BCUT2D eigenvalue weighted by molar-refractivity contribution is -0.140. The van der Waals surface area contributed by atoms with Crippen LogP contribution < -0.4 is 14.4 Å². The zero-order chi connectivity index (χ0) is 30.2. The number of ether oxygens (including phenoxy) is 1. The van der Waals surface area contributed by atoms with E-state index in [0.717, 1.165) is 16.7 Å². The van der Waals surface area contributed by atoms with E-state index in [-0.39, 0.29) is 23.4 Å². The molecule has 8 nitrogen and oxygen atoms in total. The van der Waals surface area contributed by atoms with Crippen LogP contribution >= 0.6 is 0 Å². The number of hydrogen-bond acceptors (Lipinski definition) is 5. The number of nitrogens with zero attached hydrogens (tertiary/aromatic N) is 2. The van der Waals surface area contributed by atoms with Crippen LogP contribution in [0, 0.1) is 6.92 Å². The first kappa shape index (κ1) is 31.7. The maximum atomic E-state index is 14.2. The molecule has 1 atom stereocenters. The third kappa shape index (κ3) is 7.88. The van der Waals surface area contributed by atoms with Gasteiger partial charge >= 0.3 is 0 Å². The van der Waals surface area contributed by atoms with Crippen LogP contribution in [0.5, 0.6) is 5.75 Å². The second kappa shape index (κ2) is 14.2. The lowest BCUT2D eigenvalue weighted by Gasteiger charge is -2.34. The zero-order valence-electron chi connectivity index (χ0n) is 24.8. The molecule has 0 aromatic heterocycles. The number of benzene rings is 3. The third-order valence-electron chi connectivity index (χ3n) is 6.86. The van der Waals surface area contributed by atoms with E-state index in [1.165, 1.54) is 9.21 Å². The Balaban J connectivity index is 2.09. The van der Waals surface area contributed by atoms with Gasteiger partial charge in [-0.25, -0.2) is 8.42 Å². The van der Waals surface area contributed by atoms with E-state index in [9.17, 15) is 18.0 Å². The Morgan fingerprint density at radius 2 is 1.56 bits per heavy atom. The summed E-state index contributed by atoms with van der Waals surface area (Å²) in [7, 11) is -2.54. The van der Waals surface area contributed by atoms with Crippen LogP contribution in [-0.2, 0) is 32.6 Å². The number of anilines is 1. The monoisotopic (exact) mass is 579 g/mol. The van der Waals surface area contributed by atoms with E-state index in [0.29, 0.717) is 24.3 Å². The van der Waals surface area contributed by atoms with E-state index in [1.807, 2.05) is 58.9 Å². The third-order valence-corrected chi connectivity index (χ3v) is 8.63. The first-order valence-electron chi connectivity index (χ1n) is 13.9. The van der Waals surface area contributed by atoms with Gasteiger partial charge in [0.15, 0.2) is 0 Å². The summed E-state index contributed by atoms with van der Waals surface area (Å²) >= 11 is 0. The Kier molecular flexibility index (Phi) is 10.9. The van der Waals surface area contributed by atoms with Crippen LogP contribution in [0.3, 0.4) is 0 Å². The average Bonchev–Trinajstić information content (AvgIpc) is 2.95. The fourth-order valence-corrected chi connectivity index (χ4v) is 6.08. The minimum absolute atomic E-state index is 0.0908. The Hall–Kier alpha value is -3.85. The van der Waals surface area contributed by atoms with Gasteiger partial charge in [-0.05, 0) is 75.1 Å². The molecule has 1 N–H and O–H groups in total. The number of nitrogens with one attached hydrogen (secondary N) is 1. The molecule has 0 heterocycles. The number of carbonyl (C=O) groups is 2. The second-order valence-corrected chi connectivity index (χ2v) is 12.1. The molecule has 0 fully saturated rings. The van der Waals surface area contributed by atoms with E-state index in [4.69, 9.17) is 4.74 Å². The molecule has 3 rings (SSSR count). The van der Waals surface area contributed by atoms with Crippen molar-refractivity contribution >= 4 is 27.5 Å². The molecule has 41 heavy (non-hydrogen) atoms. The summed E-state index contributed by atoms with van der Waals surface area (Å²) in [5.74, 6) is -0.0952. The van der Waals surface area contributed by atoms with Gasteiger partial charge in [0.25, 0.3) is 10.0 Å². The first-order chi connectivity index (χ1) is 19.5. The predicted molar refractivity (Wildman–Crippen MR) is 162 cm³/mol. The van der Waals surface area contributed by atoms with Crippen LogP contribution in [0.4, 0.5) is 5.69 Å². The number of carbonyl (C=O) groups excluding carboxylic acids is 2. The molecule has 0 aliphatic rings. The highest BCUT2D eigenvalue weighted by Gasteiger charge is 2.34. The van der Waals surface area contributed by atoms with Crippen molar-refractivity contribution in [2.45, 2.75) is 71.0 Å². The van der Waals surface area contributed by atoms with Crippen molar-refractivity contribution in [3.05, 3.63) is 89.5 Å². The molecule has 0 aliphatic heterocycles. The largest absolute Gasteiger partial charge is 0.497 e. The van der Waals surface area contributed by atoms with E-state index in [1.54, 1.807) is 55.6 Å². The Labute approximate surface area is 244 Å². The van der Waals surface area contributed by atoms with E-state index in [2.05, 4.69) is 5.32 Å². The molecule has 0 radical (unpaired) electrons. The Bertz CT molecular complexity index is 1420. The van der Waals surface area contributed by atoms with Crippen LogP contribution in [0.1, 0.15) is 50.8 Å². The number of methoxy groups -OCH3 is 1. The number of aryl methyl sites for hydroxylation is 2. The summed E-state index contributed by atoms with van der Waals surface area (Å²) in [5, 5.41) is 2.91. The van der Waals surface area contributed by atoms with Crippen molar-refractivity contribution in [3.8, 4) is 5.75 Å². The van der Waals surface area contributed by atoms with Crippen molar-refractivity contribution in [2.75, 3.05) is 18.0 Å². The summed E-state index contributed by atoms with van der Waals surface area (Å²) in [6.07, 6.45) is 0.935. The standard InChI is InChI=1S/C32H41N3O5S/c1-7-26-11-9-10-12-30(26)35(41(38,39)28-19-13-24(5)14-20-28)22-31(36)34(29(8-2)32(37)33-23(3)4)21-25-15-17-27(40-6)18-16-25/h9-20,23,29H,7-8,21-22H2,1-6H3,(H,33,37). The van der Waals surface area contributed by atoms with Crippen LogP contribution in [-0.4, -0.2) is 50.9 Å². The highest BCUT2D eigenvalue weighted by molar-refractivity contribution is 7.92. The Morgan fingerprint density at radius 1 is 0.927 bits per heavy atom. The fourth-order valence-electron chi connectivity index (χ4n) is 4.63. The minimum atomic E-state index is -4.12. The number of rotatable bonds is 13. The normalized spacial score (nSPS) is 12.1. The maximum absolute atomic E-state index is 14.2. The summed E-state index contributed by atoms with van der Waals surface area (Å²) < 4.78 is 34.6. The van der Waals surface area contributed by atoms with Crippen LogP contribution in [0.15, 0.2) is 77.7 Å². The van der Waals surface area contributed by atoms with Gasteiger partial charge in [-0.2, -0.15) is 0 Å².